The Morgan fingerprint density at radius 2 is 1.91 bits per heavy atom. The molecule has 0 atom stereocenters. The van der Waals surface area contributed by atoms with Crippen LogP contribution in [-0.2, 0) is 11.3 Å². The third-order valence-corrected chi connectivity index (χ3v) is 4.68. The zero-order valence-electron chi connectivity index (χ0n) is 12.2. The SMILES string of the molecule is CN1C(=O)NC(=O)C12CCN(Cc1ccc(F)cc1F)CC2. The maximum atomic E-state index is 13.7. The number of halogens is 2. The number of rotatable bonds is 2. The Hall–Kier alpha value is -2.02. The molecule has 2 heterocycles. The fourth-order valence-electron chi connectivity index (χ4n) is 3.18. The summed E-state index contributed by atoms with van der Waals surface area (Å²) in [6.07, 6.45) is 1.01. The maximum absolute atomic E-state index is 13.7. The number of benzene rings is 1. The number of nitrogens with zero attached hydrogens (tertiary/aromatic N) is 2. The minimum absolute atomic E-state index is 0.257. The Balaban J connectivity index is 1.67. The molecule has 1 aromatic rings. The normalized spacial score (nSPS) is 21.5. The largest absolute Gasteiger partial charge is 0.324 e. The minimum atomic E-state index is -0.783. The van der Waals surface area contributed by atoms with Gasteiger partial charge in [0.25, 0.3) is 5.91 Å². The van der Waals surface area contributed by atoms with Crippen LogP contribution in [0.15, 0.2) is 18.2 Å². The van der Waals surface area contributed by atoms with E-state index in [-0.39, 0.29) is 11.9 Å². The van der Waals surface area contributed by atoms with Crippen molar-refractivity contribution in [1.29, 1.82) is 0 Å². The lowest BCUT2D eigenvalue weighted by Crippen LogP contribution is -2.55. The average Bonchev–Trinajstić information content (AvgIpc) is 2.68. The first-order valence-corrected chi connectivity index (χ1v) is 7.18. The summed E-state index contributed by atoms with van der Waals surface area (Å²) >= 11 is 0. The molecule has 1 spiro atoms. The molecule has 0 radical (unpaired) electrons. The van der Waals surface area contributed by atoms with Crippen molar-refractivity contribution in [2.24, 2.45) is 0 Å². The van der Waals surface area contributed by atoms with Gasteiger partial charge in [0.15, 0.2) is 0 Å². The molecule has 2 aliphatic heterocycles. The van der Waals surface area contributed by atoms with Gasteiger partial charge in [-0.3, -0.25) is 15.0 Å². The lowest BCUT2D eigenvalue weighted by molar-refractivity contribution is -0.128. The number of piperidine rings is 1. The van der Waals surface area contributed by atoms with Gasteiger partial charge in [-0.25, -0.2) is 13.6 Å². The van der Waals surface area contributed by atoms with E-state index in [0.29, 0.717) is 38.0 Å². The number of likely N-dealkylation sites (tertiary alicyclic amines) is 1. The third-order valence-electron chi connectivity index (χ3n) is 4.68. The topological polar surface area (TPSA) is 52.7 Å². The molecular weight excluding hydrogens is 292 g/mol. The van der Waals surface area contributed by atoms with Gasteiger partial charge < -0.3 is 4.90 Å². The van der Waals surface area contributed by atoms with Crippen LogP contribution in [-0.4, -0.2) is 47.4 Å². The summed E-state index contributed by atoms with van der Waals surface area (Å²) in [5.41, 5.74) is -0.354. The second-order valence-electron chi connectivity index (χ2n) is 5.86. The van der Waals surface area contributed by atoms with Crippen LogP contribution in [0.3, 0.4) is 0 Å². The van der Waals surface area contributed by atoms with Crippen molar-refractivity contribution in [3.05, 3.63) is 35.4 Å². The first-order valence-electron chi connectivity index (χ1n) is 7.18. The van der Waals surface area contributed by atoms with E-state index in [9.17, 15) is 18.4 Å². The number of hydrogen-bond donors (Lipinski definition) is 1. The molecule has 0 saturated carbocycles. The lowest BCUT2D eigenvalue weighted by atomic mass is 9.86. The van der Waals surface area contributed by atoms with Gasteiger partial charge in [-0.2, -0.15) is 0 Å². The number of carbonyl (C=O) groups excluding carboxylic acids is 2. The van der Waals surface area contributed by atoms with Crippen LogP contribution in [0.25, 0.3) is 0 Å². The third kappa shape index (κ3) is 2.35. The standard InChI is InChI=1S/C15H17F2N3O2/c1-19-14(22)18-13(21)15(19)4-6-20(7-5-15)9-10-2-3-11(16)8-12(10)17/h2-3,8H,4-7,9H2,1H3,(H,18,21,22). The predicted molar refractivity (Wildman–Crippen MR) is 74.9 cm³/mol. The molecule has 0 unspecified atom stereocenters. The summed E-state index contributed by atoms with van der Waals surface area (Å²) < 4.78 is 26.6. The van der Waals surface area contributed by atoms with Crippen LogP contribution in [0.2, 0.25) is 0 Å². The monoisotopic (exact) mass is 309 g/mol. The summed E-state index contributed by atoms with van der Waals surface area (Å²) in [5, 5.41) is 2.33. The van der Waals surface area contributed by atoms with E-state index in [2.05, 4.69) is 5.32 Å². The van der Waals surface area contributed by atoms with Crippen molar-refractivity contribution in [3.8, 4) is 0 Å². The molecule has 0 bridgehead atoms. The van der Waals surface area contributed by atoms with Gasteiger partial charge >= 0.3 is 6.03 Å². The molecule has 2 saturated heterocycles. The quantitative estimate of drug-likeness (QED) is 0.842. The Morgan fingerprint density at radius 1 is 1.23 bits per heavy atom. The van der Waals surface area contributed by atoms with Crippen LogP contribution in [0, 0.1) is 11.6 Å². The predicted octanol–water partition coefficient (Wildman–Crippen LogP) is 1.48. The zero-order chi connectivity index (χ0) is 15.9. The fraction of sp³-hybridized carbons (Fsp3) is 0.467. The highest BCUT2D eigenvalue weighted by molar-refractivity contribution is 6.06. The number of nitrogens with one attached hydrogen (secondary N) is 1. The van der Waals surface area contributed by atoms with E-state index < -0.39 is 17.2 Å². The first kappa shape index (κ1) is 14.9. The minimum Gasteiger partial charge on any atom is -0.313 e. The summed E-state index contributed by atoms with van der Waals surface area (Å²) in [4.78, 5) is 27.1. The highest BCUT2D eigenvalue weighted by Crippen LogP contribution is 2.32. The highest BCUT2D eigenvalue weighted by atomic mass is 19.1. The number of imide groups is 1. The number of urea groups is 1. The van der Waals surface area contributed by atoms with Crippen LogP contribution in [0.5, 0.6) is 0 Å². The van der Waals surface area contributed by atoms with E-state index >= 15 is 0 Å². The van der Waals surface area contributed by atoms with Crippen LogP contribution in [0.4, 0.5) is 13.6 Å². The van der Waals surface area contributed by atoms with Crippen LogP contribution >= 0.6 is 0 Å². The van der Waals surface area contributed by atoms with Gasteiger partial charge in [-0.1, -0.05) is 6.07 Å². The first-order chi connectivity index (χ1) is 10.4. The van der Waals surface area contributed by atoms with Gasteiger partial charge in [-0.15, -0.1) is 0 Å². The highest BCUT2D eigenvalue weighted by Gasteiger charge is 2.52. The van der Waals surface area contributed by atoms with Crippen molar-refractivity contribution in [2.45, 2.75) is 24.9 Å². The van der Waals surface area contributed by atoms with E-state index in [0.717, 1.165) is 6.07 Å². The average molecular weight is 309 g/mol. The molecule has 1 N–H and O–H groups in total. The molecule has 1 aromatic carbocycles. The van der Waals surface area contributed by atoms with E-state index in [1.54, 1.807) is 7.05 Å². The summed E-state index contributed by atoms with van der Waals surface area (Å²) in [6, 6.07) is 3.17. The number of carbonyl (C=O) groups is 2. The summed E-state index contributed by atoms with van der Waals surface area (Å²) in [6.45, 7) is 1.51. The maximum Gasteiger partial charge on any atom is 0.324 e. The van der Waals surface area contributed by atoms with Gasteiger partial charge in [0, 0.05) is 38.3 Å². The van der Waals surface area contributed by atoms with Crippen LogP contribution < -0.4 is 5.32 Å². The molecule has 0 aromatic heterocycles. The van der Waals surface area contributed by atoms with E-state index in [4.69, 9.17) is 0 Å². The summed E-state index contributed by atoms with van der Waals surface area (Å²) in [7, 11) is 1.62. The molecule has 118 valence electrons. The lowest BCUT2D eigenvalue weighted by Gasteiger charge is -2.40. The van der Waals surface area contributed by atoms with Gasteiger partial charge in [-0.05, 0) is 18.9 Å². The van der Waals surface area contributed by atoms with Crippen molar-refractivity contribution < 1.29 is 18.4 Å². The Labute approximate surface area is 126 Å². The van der Waals surface area contributed by atoms with E-state index in [1.807, 2.05) is 4.90 Å². The molecular formula is C15H17F2N3O2. The number of hydrogen-bond acceptors (Lipinski definition) is 3. The Bertz CT molecular complexity index is 627. The van der Waals surface area contributed by atoms with E-state index in [1.165, 1.54) is 17.0 Å². The van der Waals surface area contributed by atoms with Gasteiger partial charge in [0.2, 0.25) is 0 Å². The number of amides is 3. The molecule has 2 aliphatic rings. The zero-order valence-corrected chi connectivity index (χ0v) is 12.2. The van der Waals surface area contributed by atoms with Gasteiger partial charge in [0.05, 0.1) is 0 Å². The van der Waals surface area contributed by atoms with Crippen molar-refractivity contribution in [3.63, 3.8) is 0 Å². The molecule has 0 aliphatic carbocycles. The van der Waals surface area contributed by atoms with Gasteiger partial charge in [0.1, 0.15) is 17.2 Å². The fourth-order valence-corrected chi connectivity index (χ4v) is 3.18. The molecule has 3 rings (SSSR count). The molecule has 3 amide bonds. The number of likely N-dealkylation sites (N-methyl/N-ethyl adjacent to an activating group) is 1. The van der Waals surface area contributed by atoms with Crippen molar-refractivity contribution in [1.82, 2.24) is 15.1 Å². The van der Waals surface area contributed by atoms with Crippen molar-refractivity contribution >= 4 is 11.9 Å². The Morgan fingerprint density at radius 3 is 2.45 bits per heavy atom. The summed E-state index contributed by atoms with van der Waals surface area (Å²) in [5.74, 6) is -1.42. The molecule has 22 heavy (non-hydrogen) atoms. The van der Waals surface area contributed by atoms with Crippen molar-refractivity contribution in [2.75, 3.05) is 20.1 Å². The second-order valence-corrected chi connectivity index (χ2v) is 5.86. The molecule has 2 fully saturated rings. The van der Waals surface area contributed by atoms with Crippen LogP contribution in [0.1, 0.15) is 18.4 Å². The second kappa shape index (κ2) is 5.31. The smallest absolute Gasteiger partial charge is 0.313 e. The molecule has 5 nitrogen and oxygen atoms in total. The Kier molecular flexibility index (Phi) is 3.60. The molecule has 7 heteroatoms.